The minimum atomic E-state index is -0.229. The van der Waals surface area contributed by atoms with E-state index in [4.69, 9.17) is 5.10 Å². The highest BCUT2D eigenvalue weighted by Crippen LogP contribution is 2.28. The third kappa shape index (κ3) is 3.67. The maximum atomic E-state index is 12.2. The molecule has 1 saturated heterocycles. The summed E-state index contributed by atoms with van der Waals surface area (Å²) in [6, 6.07) is 19.2. The number of amides is 1. The van der Waals surface area contributed by atoms with Gasteiger partial charge in [0.1, 0.15) is 5.82 Å². The molecule has 1 aliphatic heterocycles. The van der Waals surface area contributed by atoms with Gasteiger partial charge < -0.3 is 4.90 Å². The Labute approximate surface area is 164 Å². The van der Waals surface area contributed by atoms with Gasteiger partial charge in [-0.1, -0.05) is 36.4 Å². The Morgan fingerprint density at radius 1 is 1.04 bits per heavy atom. The van der Waals surface area contributed by atoms with Crippen molar-refractivity contribution in [1.82, 2.24) is 15.2 Å². The molecule has 0 unspecified atom stereocenters. The van der Waals surface area contributed by atoms with Gasteiger partial charge in [0.25, 0.3) is 5.91 Å². The zero-order valence-electron chi connectivity index (χ0n) is 15.9. The first kappa shape index (κ1) is 18.0. The molecule has 0 saturated carbocycles. The number of anilines is 1. The number of carbonyl (C=O) groups is 1. The number of nitrogens with one attached hydrogen (secondary N) is 1. The summed E-state index contributed by atoms with van der Waals surface area (Å²) in [6.45, 7) is 3.96. The van der Waals surface area contributed by atoms with Crippen molar-refractivity contribution in [2.24, 2.45) is 5.10 Å². The topological polar surface area (TPSA) is 62.5 Å². The van der Waals surface area contributed by atoms with Crippen molar-refractivity contribution in [3.8, 4) is 5.69 Å². The molecule has 1 N–H and O–H groups in total. The lowest BCUT2D eigenvalue weighted by Gasteiger charge is -2.20. The summed E-state index contributed by atoms with van der Waals surface area (Å²) in [5.74, 6) is 0.798. The van der Waals surface area contributed by atoms with E-state index in [1.54, 1.807) is 18.3 Å². The second-order valence-electron chi connectivity index (χ2n) is 6.83. The van der Waals surface area contributed by atoms with Gasteiger partial charge in [0.15, 0.2) is 0 Å². The number of rotatable bonds is 5. The molecule has 1 fully saturated rings. The van der Waals surface area contributed by atoms with E-state index < -0.39 is 0 Å². The van der Waals surface area contributed by atoms with Crippen LogP contribution in [0.15, 0.2) is 65.8 Å². The first-order chi connectivity index (χ1) is 13.7. The van der Waals surface area contributed by atoms with E-state index in [1.165, 1.54) is 12.8 Å². The second-order valence-corrected chi connectivity index (χ2v) is 6.83. The van der Waals surface area contributed by atoms with Gasteiger partial charge in [0, 0.05) is 18.7 Å². The number of para-hydroxylation sites is 1. The number of nitrogens with zero attached hydrogens (tertiary/aromatic N) is 4. The Morgan fingerprint density at radius 3 is 2.36 bits per heavy atom. The zero-order chi connectivity index (χ0) is 19.3. The van der Waals surface area contributed by atoms with Crippen molar-refractivity contribution >= 4 is 17.9 Å². The summed E-state index contributed by atoms with van der Waals surface area (Å²) in [6.07, 6.45) is 4.04. The predicted molar refractivity (Wildman–Crippen MR) is 111 cm³/mol. The highest BCUT2D eigenvalue weighted by atomic mass is 16.2. The summed E-state index contributed by atoms with van der Waals surface area (Å²) in [5.41, 5.74) is 6.02. The van der Waals surface area contributed by atoms with Crippen LogP contribution in [-0.4, -0.2) is 35.0 Å². The largest absolute Gasteiger partial charge is 0.356 e. The monoisotopic (exact) mass is 373 g/mol. The number of aromatic nitrogens is 2. The molecule has 4 rings (SSSR count). The summed E-state index contributed by atoms with van der Waals surface area (Å²) in [5, 5.41) is 8.97. The van der Waals surface area contributed by atoms with E-state index in [0.29, 0.717) is 5.56 Å². The fourth-order valence-corrected chi connectivity index (χ4v) is 3.47. The summed E-state index contributed by atoms with van der Waals surface area (Å²) >= 11 is 0. The maximum absolute atomic E-state index is 12.2. The quantitative estimate of drug-likeness (QED) is 0.550. The Kier molecular flexibility index (Phi) is 5.19. The number of carbonyl (C=O) groups excluding carboxylic acids is 1. The lowest BCUT2D eigenvalue weighted by molar-refractivity contribution is 0.0955. The van der Waals surface area contributed by atoms with Crippen molar-refractivity contribution in [2.45, 2.75) is 19.8 Å². The predicted octanol–water partition coefficient (Wildman–Crippen LogP) is 3.54. The third-order valence-electron chi connectivity index (χ3n) is 4.88. The Balaban J connectivity index is 1.64. The molecule has 0 atom stereocenters. The molecule has 142 valence electrons. The van der Waals surface area contributed by atoms with Crippen molar-refractivity contribution in [1.29, 1.82) is 0 Å². The molecule has 1 amide bonds. The molecule has 2 heterocycles. The van der Waals surface area contributed by atoms with Gasteiger partial charge in [-0.05, 0) is 44.0 Å². The molecular weight excluding hydrogens is 350 g/mol. The summed E-state index contributed by atoms with van der Waals surface area (Å²) in [4.78, 5) is 14.6. The molecule has 2 aromatic carbocycles. The van der Waals surface area contributed by atoms with E-state index in [1.807, 2.05) is 60.1 Å². The average Bonchev–Trinajstić information content (AvgIpc) is 3.37. The van der Waals surface area contributed by atoms with E-state index in [9.17, 15) is 4.79 Å². The van der Waals surface area contributed by atoms with Crippen molar-refractivity contribution in [3.05, 3.63) is 77.5 Å². The van der Waals surface area contributed by atoms with Gasteiger partial charge in [-0.15, -0.1) is 0 Å². The SMILES string of the molecule is Cc1nn(-c2ccccc2)c(N2CCCC2)c1/C=N\NC(=O)c1ccccc1. The zero-order valence-corrected chi connectivity index (χ0v) is 15.9. The van der Waals surface area contributed by atoms with Crippen LogP contribution < -0.4 is 10.3 Å². The average molecular weight is 373 g/mol. The van der Waals surface area contributed by atoms with E-state index in [0.717, 1.165) is 35.9 Å². The van der Waals surface area contributed by atoms with Gasteiger partial charge in [0.2, 0.25) is 0 Å². The van der Waals surface area contributed by atoms with Gasteiger partial charge in [-0.25, -0.2) is 10.1 Å². The number of benzene rings is 2. The molecule has 6 heteroatoms. The van der Waals surface area contributed by atoms with E-state index in [-0.39, 0.29) is 5.91 Å². The normalized spacial score (nSPS) is 14.0. The lowest BCUT2D eigenvalue weighted by Crippen LogP contribution is -2.23. The molecule has 1 aromatic heterocycles. The molecule has 3 aromatic rings. The molecule has 0 bridgehead atoms. The smallest absolute Gasteiger partial charge is 0.271 e. The van der Waals surface area contributed by atoms with Crippen LogP contribution in [0.4, 0.5) is 5.82 Å². The highest BCUT2D eigenvalue weighted by molar-refractivity contribution is 5.95. The molecule has 28 heavy (non-hydrogen) atoms. The number of hydrazone groups is 1. The second kappa shape index (κ2) is 8.08. The van der Waals surface area contributed by atoms with Crippen LogP contribution in [0.25, 0.3) is 5.69 Å². The molecule has 0 radical (unpaired) electrons. The molecular formula is C22H23N5O. The van der Waals surface area contributed by atoms with Gasteiger partial charge in [0.05, 0.1) is 23.2 Å². The van der Waals surface area contributed by atoms with E-state index in [2.05, 4.69) is 15.4 Å². The van der Waals surface area contributed by atoms with Crippen LogP contribution in [0.3, 0.4) is 0 Å². The Bertz CT molecular complexity index is 973. The molecule has 1 aliphatic rings. The molecule has 0 spiro atoms. The molecule has 6 nitrogen and oxygen atoms in total. The van der Waals surface area contributed by atoms with Crippen molar-refractivity contribution in [2.75, 3.05) is 18.0 Å². The van der Waals surface area contributed by atoms with Crippen LogP contribution in [-0.2, 0) is 0 Å². The fourth-order valence-electron chi connectivity index (χ4n) is 3.47. The van der Waals surface area contributed by atoms with Gasteiger partial charge in [-0.2, -0.15) is 10.2 Å². The number of hydrogen-bond acceptors (Lipinski definition) is 4. The van der Waals surface area contributed by atoms with E-state index >= 15 is 0 Å². The van der Waals surface area contributed by atoms with Crippen LogP contribution >= 0.6 is 0 Å². The van der Waals surface area contributed by atoms with Crippen LogP contribution in [0.1, 0.15) is 34.5 Å². The van der Waals surface area contributed by atoms with Crippen LogP contribution in [0.5, 0.6) is 0 Å². The van der Waals surface area contributed by atoms with Gasteiger partial charge >= 0.3 is 0 Å². The minimum absolute atomic E-state index is 0.229. The molecule has 0 aliphatic carbocycles. The fraction of sp³-hybridized carbons (Fsp3) is 0.227. The standard InChI is InChI=1S/C22H23N5O/c1-17-20(16-23-24-21(28)18-10-4-2-5-11-18)22(26-14-8-9-15-26)27(25-17)19-12-6-3-7-13-19/h2-7,10-13,16H,8-9,14-15H2,1H3,(H,24,28)/b23-16-. The number of aryl methyl sites for hydroxylation is 1. The van der Waals surface area contributed by atoms with Gasteiger partial charge in [-0.3, -0.25) is 4.79 Å². The first-order valence-electron chi connectivity index (χ1n) is 9.52. The van der Waals surface area contributed by atoms with Crippen LogP contribution in [0.2, 0.25) is 0 Å². The lowest BCUT2D eigenvalue weighted by atomic mass is 10.2. The van der Waals surface area contributed by atoms with Crippen molar-refractivity contribution < 1.29 is 4.79 Å². The minimum Gasteiger partial charge on any atom is -0.356 e. The summed E-state index contributed by atoms with van der Waals surface area (Å²) < 4.78 is 1.97. The maximum Gasteiger partial charge on any atom is 0.271 e. The van der Waals surface area contributed by atoms with Crippen LogP contribution in [0, 0.1) is 6.92 Å². The third-order valence-corrected chi connectivity index (χ3v) is 4.88. The summed E-state index contributed by atoms with van der Waals surface area (Å²) in [7, 11) is 0. The highest BCUT2D eigenvalue weighted by Gasteiger charge is 2.23. The van der Waals surface area contributed by atoms with Crippen molar-refractivity contribution in [3.63, 3.8) is 0 Å². The Morgan fingerprint density at radius 2 is 1.68 bits per heavy atom. The Hall–Kier alpha value is -3.41. The number of hydrogen-bond donors (Lipinski definition) is 1. The first-order valence-corrected chi connectivity index (χ1v) is 9.52.